The molecule has 1 heterocycles. The van der Waals surface area contributed by atoms with Crippen LogP contribution in [0.1, 0.15) is 35.3 Å². The molecule has 6 rings (SSSR count). The van der Waals surface area contributed by atoms with Gasteiger partial charge < -0.3 is 5.32 Å². The minimum Gasteiger partial charge on any atom is -0.346 e. The third-order valence-corrected chi connectivity index (χ3v) is 6.10. The van der Waals surface area contributed by atoms with Crippen molar-refractivity contribution in [3.05, 3.63) is 41.6 Å². The molecule has 1 amide bonds. The van der Waals surface area contributed by atoms with E-state index in [4.69, 9.17) is 0 Å². The summed E-state index contributed by atoms with van der Waals surface area (Å²) >= 11 is 0. The molecular formula is C18H15F3N2O. The SMILES string of the molecule is O=C(NC12CC3CC1C2C3)c1cc(C(F)(F)F)nc2ccccc12. The topological polar surface area (TPSA) is 42.0 Å². The molecule has 3 nitrogen and oxygen atoms in total. The van der Waals surface area contributed by atoms with Crippen molar-refractivity contribution in [3.63, 3.8) is 0 Å². The first-order chi connectivity index (χ1) is 11.4. The number of alkyl halides is 3. The average Bonchev–Trinajstić information content (AvgIpc) is 2.99. The monoisotopic (exact) mass is 332 g/mol. The number of benzene rings is 1. The van der Waals surface area contributed by atoms with E-state index in [2.05, 4.69) is 10.3 Å². The van der Waals surface area contributed by atoms with Crippen LogP contribution in [0.4, 0.5) is 13.2 Å². The highest BCUT2D eigenvalue weighted by Gasteiger charge is 2.75. The molecule has 124 valence electrons. The molecular weight excluding hydrogens is 317 g/mol. The van der Waals surface area contributed by atoms with Gasteiger partial charge in [0.2, 0.25) is 0 Å². The lowest BCUT2D eigenvalue weighted by Gasteiger charge is -2.17. The number of rotatable bonds is 2. The first kappa shape index (κ1) is 14.3. The Kier molecular flexibility index (Phi) is 2.55. The molecule has 2 unspecified atom stereocenters. The van der Waals surface area contributed by atoms with Gasteiger partial charge in [-0.3, -0.25) is 4.79 Å². The quantitative estimate of drug-likeness (QED) is 0.909. The minimum atomic E-state index is -4.57. The number of nitrogens with zero attached hydrogens (tertiary/aromatic N) is 1. The molecule has 24 heavy (non-hydrogen) atoms. The lowest BCUT2D eigenvalue weighted by atomic mass is 10.1. The van der Waals surface area contributed by atoms with Gasteiger partial charge in [0.05, 0.1) is 11.1 Å². The Bertz CT molecular complexity index is 864. The largest absolute Gasteiger partial charge is 0.433 e. The third kappa shape index (κ3) is 1.79. The van der Waals surface area contributed by atoms with E-state index in [1.54, 1.807) is 18.2 Å². The second-order valence-corrected chi connectivity index (χ2v) is 7.32. The normalized spacial score (nSPS) is 33.0. The summed E-state index contributed by atoms with van der Waals surface area (Å²) in [6, 6.07) is 7.36. The molecule has 2 aromatic rings. The van der Waals surface area contributed by atoms with Gasteiger partial charge in [-0.25, -0.2) is 4.98 Å². The number of fused-ring (bicyclic) bond motifs is 1. The molecule has 1 aromatic heterocycles. The van der Waals surface area contributed by atoms with E-state index in [0.717, 1.165) is 25.3 Å². The summed E-state index contributed by atoms with van der Waals surface area (Å²) < 4.78 is 39.4. The van der Waals surface area contributed by atoms with Crippen molar-refractivity contribution in [1.82, 2.24) is 10.3 Å². The maximum atomic E-state index is 13.1. The fourth-order valence-electron chi connectivity index (χ4n) is 5.14. The van der Waals surface area contributed by atoms with E-state index in [1.807, 2.05) is 0 Å². The van der Waals surface area contributed by atoms with Crippen molar-refractivity contribution in [1.29, 1.82) is 0 Å². The van der Waals surface area contributed by atoms with Crippen LogP contribution in [0.5, 0.6) is 0 Å². The molecule has 0 aliphatic heterocycles. The predicted octanol–water partition coefficient (Wildman–Crippen LogP) is 3.78. The number of halogens is 3. The summed E-state index contributed by atoms with van der Waals surface area (Å²) in [6.45, 7) is 0. The highest BCUT2D eigenvalue weighted by molar-refractivity contribution is 6.06. The number of aromatic nitrogens is 1. The molecule has 0 radical (unpaired) electrons. The van der Waals surface area contributed by atoms with Crippen LogP contribution in [-0.4, -0.2) is 16.4 Å². The number of hydrogen-bond acceptors (Lipinski definition) is 2. The molecule has 4 saturated carbocycles. The smallest absolute Gasteiger partial charge is 0.346 e. The summed E-state index contributed by atoms with van der Waals surface area (Å²) in [5, 5.41) is 3.53. The Morgan fingerprint density at radius 2 is 1.92 bits per heavy atom. The van der Waals surface area contributed by atoms with Crippen molar-refractivity contribution in [3.8, 4) is 0 Å². The van der Waals surface area contributed by atoms with Crippen molar-refractivity contribution < 1.29 is 18.0 Å². The molecule has 1 N–H and O–H groups in total. The van der Waals surface area contributed by atoms with Crippen molar-refractivity contribution in [2.24, 2.45) is 17.8 Å². The number of carbonyl (C=O) groups is 1. The lowest BCUT2D eigenvalue weighted by molar-refractivity contribution is -0.140. The zero-order valence-electron chi connectivity index (χ0n) is 12.7. The molecule has 6 heteroatoms. The van der Waals surface area contributed by atoms with Gasteiger partial charge in [-0.15, -0.1) is 0 Å². The van der Waals surface area contributed by atoms with Crippen molar-refractivity contribution >= 4 is 16.8 Å². The summed E-state index contributed by atoms with van der Waals surface area (Å²) in [7, 11) is 0. The molecule has 2 atom stereocenters. The van der Waals surface area contributed by atoms with E-state index in [-0.39, 0.29) is 16.6 Å². The standard InChI is InChI=1S/C18H15F3N2O/c19-18(20,21)15-7-11(10-3-1-2-4-14(10)22-15)16(24)23-17-8-9-5-12(17)13(17)6-9/h1-4,7,9,12-13H,5-6,8H2,(H,23,24). The second-order valence-electron chi connectivity index (χ2n) is 7.32. The van der Waals surface area contributed by atoms with Gasteiger partial charge in [0.15, 0.2) is 0 Å². The van der Waals surface area contributed by atoms with Crippen LogP contribution < -0.4 is 5.32 Å². The number of amides is 1. The summed E-state index contributed by atoms with van der Waals surface area (Å²) in [4.78, 5) is 16.5. The third-order valence-electron chi connectivity index (χ3n) is 6.10. The highest BCUT2D eigenvalue weighted by atomic mass is 19.4. The molecule has 4 aliphatic carbocycles. The predicted molar refractivity (Wildman–Crippen MR) is 81.3 cm³/mol. The lowest BCUT2D eigenvalue weighted by Crippen LogP contribution is -2.37. The van der Waals surface area contributed by atoms with Gasteiger partial charge in [-0.2, -0.15) is 13.2 Å². The summed E-state index contributed by atoms with van der Waals surface area (Å²) in [5.74, 6) is 1.33. The maximum Gasteiger partial charge on any atom is 0.433 e. The van der Waals surface area contributed by atoms with E-state index in [1.165, 1.54) is 6.07 Å². The number of nitrogens with one attached hydrogen (secondary N) is 1. The number of para-hydroxylation sites is 1. The molecule has 4 fully saturated rings. The summed E-state index contributed by atoms with van der Waals surface area (Å²) in [6.07, 6.45) is -1.30. The summed E-state index contributed by atoms with van der Waals surface area (Å²) in [5.41, 5.74) is -0.910. The number of hydrogen-bond donors (Lipinski definition) is 1. The molecule has 4 bridgehead atoms. The zero-order valence-corrected chi connectivity index (χ0v) is 12.7. The van der Waals surface area contributed by atoms with Gasteiger partial charge in [0.1, 0.15) is 5.69 Å². The minimum absolute atomic E-state index is 0.0667. The van der Waals surface area contributed by atoms with E-state index >= 15 is 0 Å². The van der Waals surface area contributed by atoms with Gasteiger partial charge >= 0.3 is 6.18 Å². The number of carbonyl (C=O) groups excluding carboxylic acids is 1. The van der Waals surface area contributed by atoms with Gasteiger partial charge in [0.25, 0.3) is 5.91 Å². The first-order valence-electron chi connectivity index (χ1n) is 8.18. The van der Waals surface area contributed by atoms with Crippen LogP contribution in [0.2, 0.25) is 0 Å². The Hall–Kier alpha value is -2.11. The molecule has 0 saturated heterocycles. The molecule has 4 aliphatic rings. The van der Waals surface area contributed by atoms with Crippen molar-refractivity contribution in [2.45, 2.75) is 31.0 Å². The Morgan fingerprint density at radius 3 is 2.54 bits per heavy atom. The highest BCUT2D eigenvalue weighted by Crippen LogP contribution is 2.73. The first-order valence-corrected chi connectivity index (χ1v) is 8.18. The Balaban J connectivity index is 1.57. The fraction of sp³-hybridized carbons (Fsp3) is 0.444. The van der Waals surface area contributed by atoms with Crippen molar-refractivity contribution in [2.75, 3.05) is 0 Å². The van der Waals surface area contributed by atoms with Gasteiger partial charge in [-0.05, 0) is 49.1 Å². The average molecular weight is 332 g/mol. The second kappa shape index (κ2) is 4.29. The van der Waals surface area contributed by atoms with E-state index in [9.17, 15) is 18.0 Å². The van der Waals surface area contributed by atoms with Gasteiger partial charge in [-0.1, -0.05) is 18.2 Å². The van der Waals surface area contributed by atoms with Crippen LogP contribution in [0.25, 0.3) is 10.9 Å². The fourth-order valence-corrected chi connectivity index (χ4v) is 5.14. The Labute approximate surface area is 136 Å². The van der Waals surface area contributed by atoms with Gasteiger partial charge in [0, 0.05) is 10.9 Å². The Morgan fingerprint density at radius 1 is 1.21 bits per heavy atom. The molecule has 1 aromatic carbocycles. The zero-order chi connectivity index (χ0) is 16.7. The van der Waals surface area contributed by atoms with Crippen LogP contribution in [0.15, 0.2) is 30.3 Å². The van der Waals surface area contributed by atoms with Crippen LogP contribution in [0, 0.1) is 17.8 Å². The van der Waals surface area contributed by atoms with Crippen LogP contribution in [0.3, 0.4) is 0 Å². The number of pyridine rings is 1. The maximum absolute atomic E-state index is 13.1. The van der Waals surface area contributed by atoms with Crippen LogP contribution >= 0.6 is 0 Å². The van der Waals surface area contributed by atoms with E-state index in [0.29, 0.717) is 23.1 Å². The van der Waals surface area contributed by atoms with Crippen LogP contribution in [-0.2, 0) is 6.18 Å². The van der Waals surface area contributed by atoms with E-state index < -0.39 is 17.8 Å². The molecule has 0 spiro atoms.